The van der Waals surface area contributed by atoms with Gasteiger partial charge in [0.2, 0.25) is 5.91 Å². The fraction of sp³-hybridized carbons (Fsp3) is 0.200. The highest BCUT2D eigenvalue weighted by atomic mass is 16.5. The zero-order chi connectivity index (χ0) is 18.1. The van der Waals surface area contributed by atoms with Crippen molar-refractivity contribution in [1.29, 1.82) is 0 Å². The molecule has 0 bridgehead atoms. The predicted molar refractivity (Wildman–Crippen MR) is 98.5 cm³/mol. The molecule has 1 heterocycles. The molecule has 25 heavy (non-hydrogen) atoms. The van der Waals surface area contributed by atoms with Crippen LogP contribution in [0.3, 0.4) is 0 Å². The number of amides is 1. The van der Waals surface area contributed by atoms with Gasteiger partial charge >= 0.3 is 0 Å². The van der Waals surface area contributed by atoms with Crippen molar-refractivity contribution in [1.82, 2.24) is 10.3 Å². The third kappa shape index (κ3) is 5.21. The highest BCUT2D eigenvalue weighted by molar-refractivity contribution is 5.92. The van der Waals surface area contributed by atoms with E-state index in [2.05, 4.69) is 16.9 Å². The first-order valence-corrected chi connectivity index (χ1v) is 7.89. The molecule has 1 N–H and O–H groups in total. The first-order valence-electron chi connectivity index (χ1n) is 7.89. The van der Waals surface area contributed by atoms with Crippen molar-refractivity contribution in [3.63, 3.8) is 0 Å². The number of hydrogen-bond acceptors (Lipinski definition) is 4. The van der Waals surface area contributed by atoms with E-state index in [9.17, 15) is 4.79 Å². The van der Waals surface area contributed by atoms with Gasteiger partial charge in [-0.15, -0.1) is 6.58 Å². The molecule has 0 radical (unpaired) electrons. The minimum Gasteiger partial charge on any atom is -0.497 e. The lowest BCUT2D eigenvalue weighted by molar-refractivity contribution is -0.117. The molecule has 0 spiro atoms. The van der Waals surface area contributed by atoms with Gasteiger partial charge in [0.05, 0.1) is 20.3 Å². The lowest BCUT2D eigenvalue weighted by Crippen LogP contribution is -2.26. The number of ether oxygens (including phenoxy) is 2. The van der Waals surface area contributed by atoms with Crippen LogP contribution in [0, 0.1) is 0 Å². The van der Waals surface area contributed by atoms with Crippen molar-refractivity contribution in [2.45, 2.75) is 12.5 Å². The predicted octanol–water partition coefficient (Wildman–Crippen LogP) is 3.55. The molecule has 1 atom stereocenters. The number of nitrogens with zero attached hydrogens (tertiary/aromatic N) is 1. The molecule has 1 unspecified atom stereocenters. The van der Waals surface area contributed by atoms with Crippen LogP contribution in [0.2, 0.25) is 0 Å². The Morgan fingerprint density at radius 2 is 2.00 bits per heavy atom. The molecule has 0 aliphatic heterocycles. The SMILES string of the molecule is C=CCC(NC(=O)C=Cc1ccc(OC)cc1OC)c1ccncc1. The van der Waals surface area contributed by atoms with Gasteiger partial charge in [-0.25, -0.2) is 0 Å². The van der Waals surface area contributed by atoms with Gasteiger partial charge in [-0.1, -0.05) is 6.08 Å². The number of benzene rings is 1. The fourth-order valence-corrected chi connectivity index (χ4v) is 2.38. The number of rotatable bonds is 8. The lowest BCUT2D eigenvalue weighted by Gasteiger charge is -2.16. The van der Waals surface area contributed by atoms with Crippen LogP contribution in [-0.2, 0) is 4.79 Å². The molecule has 130 valence electrons. The molecular formula is C20H22N2O3. The van der Waals surface area contributed by atoms with E-state index in [-0.39, 0.29) is 11.9 Å². The van der Waals surface area contributed by atoms with E-state index in [1.165, 1.54) is 6.08 Å². The van der Waals surface area contributed by atoms with E-state index in [1.807, 2.05) is 24.3 Å². The molecule has 2 aromatic rings. The third-order valence-corrected chi connectivity index (χ3v) is 3.68. The van der Waals surface area contributed by atoms with Crippen molar-refractivity contribution in [2.24, 2.45) is 0 Å². The summed E-state index contributed by atoms with van der Waals surface area (Å²) in [5.41, 5.74) is 1.78. The second kappa shape index (κ2) is 9.27. The van der Waals surface area contributed by atoms with Gasteiger partial charge in [-0.2, -0.15) is 0 Å². The van der Waals surface area contributed by atoms with Gasteiger partial charge < -0.3 is 14.8 Å². The van der Waals surface area contributed by atoms with Gasteiger partial charge in [0.25, 0.3) is 0 Å². The van der Waals surface area contributed by atoms with Gasteiger partial charge in [-0.05, 0) is 42.3 Å². The van der Waals surface area contributed by atoms with Gasteiger partial charge in [0, 0.05) is 30.1 Å². The number of pyridine rings is 1. The van der Waals surface area contributed by atoms with Gasteiger partial charge in [-0.3, -0.25) is 9.78 Å². The van der Waals surface area contributed by atoms with E-state index < -0.39 is 0 Å². The van der Waals surface area contributed by atoms with Crippen LogP contribution in [0.15, 0.2) is 61.5 Å². The maximum absolute atomic E-state index is 12.3. The zero-order valence-corrected chi connectivity index (χ0v) is 14.4. The van der Waals surface area contributed by atoms with Gasteiger partial charge in [0.1, 0.15) is 11.5 Å². The Morgan fingerprint density at radius 1 is 1.24 bits per heavy atom. The quantitative estimate of drug-likeness (QED) is 0.591. The summed E-state index contributed by atoms with van der Waals surface area (Å²) in [7, 11) is 3.17. The summed E-state index contributed by atoms with van der Waals surface area (Å²) in [5.74, 6) is 1.14. The number of carbonyl (C=O) groups excluding carboxylic acids is 1. The highest BCUT2D eigenvalue weighted by Crippen LogP contribution is 2.25. The van der Waals surface area contributed by atoms with Crippen LogP contribution in [0.25, 0.3) is 6.08 Å². The van der Waals surface area contributed by atoms with Crippen LogP contribution >= 0.6 is 0 Å². The normalized spacial score (nSPS) is 11.8. The maximum Gasteiger partial charge on any atom is 0.244 e. The molecule has 1 aromatic carbocycles. The maximum atomic E-state index is 12.3. The van der Waals surface area contributed by atoms with Crippen molar-refractivity contribution in [3.05, 3.63) is 72.6 Å². The summed E-state index contributed by atoms with van der Waals surface area (Å²) in [6.07, 6.45) is 9.02. The Bertz CT molecular complexity index is 742. The number of aromatic nitrogens is 1. The van der Waals surface area contributed by atoms with Crippen LogP contribution in [0.5, 0.6) is 11.5 Å². The molecule has 0 fully saturated rings. The van der Waals surface area contributed by atoms with Crippen molar-refractivity contribution in [3.8, 4) is 11.5 Å². The third-order valence-electron chi connectivity index (χ3n) is 3.68. The van der Waals surface area contributed by atoms with Crippen molar-refractivity contribution < 1.29 is 14.3 Å². The summed E-state index contributed by atoms with van der Waals surface area (Å²) in [6.45, 7) is 3.75. The standard InChI is InChI=1S/C20H22N2O3/c1-4-5-18(15-10-12-21-13-11-15)22-20(23)9-7-16-6-8-17(24-2)14-19(16)25-3/h4,6-14,18H,1,5H2,2-3H3,(H,22,23). The first kappa shape index (κ1) is 18.3. The Hall–Kier alpha value is -3.08. The number of methoxy groups -OCH3 is 2. The minimum absolute atomic E-state index is 0.143. The van der Waals surface area contributed by atoms with Gasteiger partial charge in [0.15, 0.2) is 0 Å². The second-order valence-electron chi connectivity index (χ2n) is 5.31. The van der Waals surface area contributed by atoms with Crippen LogP contribution < -0.4 is 14.8 Å². The number of nitrogens with one attached hydrogen (secondary N) is 1. The van der Waals surface area contributed by atoms with Crippen LogP contribution in [-0.4, -0.2) is 25.1 Å². The number of carbonyl (C=O) groups is 1. The van der Waals surface area contributed by atoms with E-state index in [4.69, 9.17) is 9.47 Å². The first-order chi connectivity index (χ1) is 12.2. The zero-order valence-electron chi connectivity index (χ0n) is 14.4. The molecule has 0 aliphatic rings. The minimum atomic E-state index is -0.193. The topological polar surface area (TPSA) is 60.5 Å². The molecule has 0 saturated heterocycles. The summed E-state index contributed by atoms with van der Waals surface area (Å²) < 4.78 is 10.5. The molecule has 0 aliphatic carbocycles. The summed E-state index contributed by atoms with van der Waals surface area (Å²) in [4.78, 5) is 16.3. The van der Waals surface area contributed by atoms with E-state index in [1.54, 1.807) is 44.8 Å². The Balaban J connectivity index is 2.10. The van der Waals surface area contributed by atoms with Crippen molar-refractivity contribution >= 4 is 12.0 Å². The van der Waals surface area contributed by atoms with E-state index >= 15 is 0 Å². The van der Waals surface area contributed by atoms with Crippen LogP contribution in [0.4, 0.5) is 0 Å². The largest absolute Gasteiger partial charge is 0.497 e. The molecule has 5 nitrogen and oxygen atoms in total. The molecular weight excluding hydrogens is 316 g/mol. The Labute approximate surface area is 148 Å². The molecule has 5 heteroatoms. The highest BCUT2D eigenvalue weighted by Gasteiger charge is 2.11. The van der Waals surface area contributed by atoms with E-state index in [0.717, 1.165) is 11.1 Å². The number of hydrogen-bond donors (Lipinski definition) is 1. The summed E-state index contributed by atoms with van der Waals surface area (Å²) in [5, 5.41) is 2.97. The van der Waals surface area contributed by atoms with E-state index in [0.29, 0.717) is 17.9 Å². The average Bonchev–Trinajstić information content (AvgIpc) is 2.66. The monoisotopic (exact) mass is 338 g/mol. The molecule has 0 saturated carbocycles. The lowest BCUT2D eigenvalue weighted by atomic mass is 10.1. The summed E-state index contributed by atoms with van der Waals surface area (Å²) in [6, 6.07) is 9.04. The second-order valence-corrected chi connectivity index (χ2v) is 5.31. The van der Waals surface area contributed by atoms with Crippen LogP contribution in [0.1, 0.15) is 23.6 Å². The Morgan fingerprint density at radius 3 is 2.64 bits per heavy atom. The summed E-state index contributed by atoms with van der Waals surface area (Å²) >= 11 is 0. The molecule has 1 amide bonds. The molecule has 2 rings (SSSR count). The van der Waals surface area contributed by atoms with Crippen molar-refractivity contribution in [2.75, 3.05) is 14.2 Å². The average molecular weight is 338 g/mol. The Kier molecular flexibility index (Phi) is 6.77. The smallest absolute Gasteiger partial charge is 0.244 e. The molecule has 1 aromatic heterocycles. The fourth-order valence-electron chi connectivity index (χ4n) is 2.38.